The van der Waals surface area contributed by atoms with Crippen molar-refractivity contribution in [2.45, 2.75) is 39.2 Å². The Morgan fingerprint density at radius 1 is 1.29 bits per heavy atom. The summed E-state index contributed by atoms with van der Waals surface area (Å²) in [5, 5.41) is 9.22. The molecule has 0 aliphatic carbocycles. The quantitative estimate of drug-likeness (QED) is 0.792. The standard InChI is InChI=1S/C15H19Cl2N3S/c1-3-5-13-15(21-20-19-13)14(18-4-2)9-10-8-11(16)6-7-12(10)17/h6-8,14,18H,3-5,9H2,1-2H3. The molecular weight excluding hydrogens is 325 g/mol. The van der Waals surface area contributed by atoms with Crippen LogP contribution in [-0.4, -0.2) is 16.1 Å². The summed E-state index contributed by atoms with van der Waals surface area (Å²) in [6.07, 6.45) is 2.81. The minimum Gasteiger partial charge on any atom is -0.309 e. The van der Waals surface area contributed by atoms with Gasteiger partial charge in [-0.25, -0.2) is 0 Å². The lowest BCUT2D eigenvalue weighted by molar-refractivity contribution is 0.552. The number of nitrogens with one attached hydrogen (secondary N) is 1. The van der Waals surface area contributed by atoms with Crippen molar-refractivity contribution in [3.8, 4) is 0 Å². The van der Waals surface area contributed by atoms with Gasteiger partial charge in [-0.3, -0.25) is 0 Å². The highest BCUT2D eigenvalue weighted by Gasteiger charge is 2.19. The van der Waals surface area contributed by atoms with Crippen LogP contribution in [0, 0.1) is 0 Å². The maximum Gasteiger partial charge on any atom is 0.0803 e. The van der Waals surface area contributed by atoms with Gasteiger partial charge in [-0.2, -0.15) is 0 Å². The Kier molecular flexibility index (Phi) is 6.42. The van der Waals surface area contributed by atoms with E-state index in [1.165, 1.54) is 16.4 Å². The summed E-state index contributed by atoms with van der Waals surface area (Å²) in [5.74, 6) is 0. The van der Waals surface area contributed by atoms with Crippen LogP contribution in [0.1, 0.15) is 42.4 Å². The highest BCUT2D eigenvalue weighted by molar-refractivity contribution is 7.05. The third-order valence-corrected chi connectivity index (χ3v) is 4.75. The van der Waals surface area contributed by atoms with Crippen LogP contribution < -0.4 is 5.32 Å². The minimum absolute atomic E-state index is 0.174. The van der Waals surface area contributed by atoms with Gasteiger partial charge in [0.1, 0.15) is 0 Å². The molecule has 0 aliphatic heterocycles. The van der Waals surface area contributed by atoms with E-state index in [0.29, 0.717) is 5.02 Å². The molecule has 0 radical (unpaired) electrons. The van der Waals surface area contributed by atoms with Crippen LogP contribution in [0.4, 0.5) is 0 Å². The molecule has 21 heavy (non-hydrogen) atoms. The van der Waals surface area contributed by atoms with E-state index in [1.807, 2.05) is 18.2 Å². The second-order valence-electron chi connectivity index (χ2n) is 4.88. The van der Waals surface area contributed by atoms with Crippen molar-refractivity contribution in [3.05, 3.63) is 44.4 Å². The third kappa shape index (κ3) is 4.39. The van der Waals surface area contributed by atoms with Gasteiger partial charge in [0.2, 0.25) is 0 Å². The average Bonchev–Trinajstić information content (AvgIpc) is 2.91. The predicted octanol–water partition coefficient (Wildman–Crippen LogP) is 4.69. The van der Waals surface area contributed by atoms with E-state index in [0.717, 1.165) is 42.1 Å². The zero-order chi connectivity index (χ0) is 15.2. The molecule has 0 spiro atoms. The highest BCUT2D eigenvalue weighted by atomic mass is 35.5. The molecule has 1 unspecified atom stereocenters. The molecule has 0 fully saturated rings. The third-order valence-electron chi connectivity index (χ3n) is 3.27. The molecule has 1 aromatic heterocycles. The van der Waals surface area contributed by atoms with Gasteiger partial charge in [0.25, 0.3) is 0 Å². The second-order valence-corrected chi connectivity index (χ2v) is 6.51. The molecular formula is C15H19Cl2N3S. The number of likely N-dealkylation sites (N-methyl/N-ethyl adjacent to an activating group) is 1. The molecule has 1 atom stereocenters. The van der Waals surface area contributed by atoms with Crippen molar-refractivity contribution < 1.29 is 0 Å². The molecule has 1 heterocycles. The largest absolute Gasteiger partial charge is 0.309 e. The predicted molar refractivity (Wildman–Crippen MR) is 90.5 cm³/mol. The Morgan fingerprint density at radius 2 is 2.10 bits per heavy atom. The second kappa shape index (κ2) is 8.08. The average molecular weight is 344 g/mol. The fourth-order valence-corrected chi connectivity index (χ4v) is 3.47. The fourth-order valence-electron chi connectivity index (χ4n) is 2.31. The van der Waals surface area contributed by atoms with Crippen molar-refractivity contribution in [2.24, 2.45) is 0 Å². The highest BCUT2D eigenvalue weighted by Crippen LogP contribution is 2.29. The summed E-state index contributed by atoms with van der Waals surface area (Å²) in [4.78, 5) is 1.20. The monoisotopic (exact) mass is 343 g/mol. The first-order valence-corrected chi connectivity index (χ1v) is 8.67. The topological polar surface area (TPSA) is 37.8 Å². The van der Waals surface area contributed by atoms with E-state index >= 15 is 0 Å². The zero-order valence-electron chi connectivity index (χ0n) is 12.2. The fraction of sp³-hybridized carbons (Fsp3) is 0.467. The Morgan fingerprint density at radius 3 is 2.81 bits per heavy atom. The number of halogens is 2. The van der Waals surface area contributed by atoms with Gasteiger partial charge in [0.05, 0.1) is 10.6 Å². The van der Waals surface area contributed by atoms with Crippen molar-refractivity contribution in [1.82, 2.24) is 14.9 Å². The van der Waals surface area contributed by atoms with Crippen LogP contribution in [0.15, 0.2) is 18.2 Å². The normalized spacial score (nSPS) is 12.6. The molecule has 0 aliphatic rings. The van der Waals surface area contributed by atoms with Gasteiger partial charge in [0, 0.05) is 16.1 Å². The molecule has 3 nitrogen and oxygen atoms in total. The number of rotatable bonds is 7. The summed E-state index contributed by atoms with van der Waals surface area (Å²) >= 11 is 13.8. The summed E-state index contributed by atoms with van der Waals surface area (Å²) in [7, 11) is 0. The lowest BCUT2D eigenvalue weighted by Crippen LogP contribution is -2.23. The Bertz CT molecular complexity index is 586. The molecule has 0 bridgehead atoms. The van der Waals surface area contributed by atoms with Crippen LogP contribution in [0.2, 0.25) is 10.0 Å². The van der Waals surface area contributed by atoms with Crippen molar-refractivity contribution in [3.63, 3.8) is 0 Å². The molecule has 0 saturated carbocycles. The summed E-state index contributed by atoms with van der Waals surface area (Å²) < 4.78 is 4.12. The molecule has 6 heteroatoms. The Hall–Kier alpha value is -0.680. The molecule has 0 saturated heterocycles. The molecule has 114 valence electrons. The molecule has 2 aromatic rings. The first kappa shape index (κ1) is 16.7. The van der Waals surface area contributed by atoms with Gasteiger partial charge >= 0.3 is 0 Å². The minimum atomic E-state index is 0.174. The van der Waals surface area contributed by atoms with Gasteiger partial charge in [-0.1, -0.05) is 48.0 Å². The van der Waals surface area contributed by atoms with Crippen LogP contribution in [0.25, 0.3) is 0 Å². The van der Waals surface area contributed by atoms with Crippen molar-refractivity contribution in [1.29, 1.82) is 0 Å². The first-order valence-electron chi connectivity index (χ1n) is 7.14. The van der Waals surface area contributed by atoms with Gasteiger partial charge in [-0.05, 0) is 54.7 Å². The first-order chi connectivity index (χ1) is 10.2. The van der Waals surface area contributed by atoms with E-state index in [2.05, 4.69) is 28.8 Å². The van der Waals surface area contributed by atoms with Crippen LogP contribution in [-0.2, 0) is 12.8 Å². The Labute approximate surface area is 139 Å². The van der Waals surface area contributed by atoms with Crippen LogP contribution in [0.5, 0.6) is 0 Å². The van der Waals surface area contributed by atoms with Crippen LogP contribution >= 0.6 is 34.7 Å². The van der Waals surface area contributed by atoms with E-state index in [4.69, 9.17) is 23.2 Å². The van der Waals surface area contributed by atoms with Crippen molar-refractivity contribution >= 4 is 34.7 Å². The Balaban J connectivity index is 2.26. The molecule has 2 rings (SSSR count). The maximum atomic E-state index is 6.29. The van der Waals surface area contributed by atoms with E-state index in [1.54, 1.807) is 0 Å². The zero-order valence-corrected chi connectivity index (χ0v) is 14.5. The van der Waals surface area contributed by atoms with Crippen molar-refractivity contribution in [2.75, 3.05) is 6.54 Å². The van der Waals surface area contributed by atoms with E-state index in [9.17, 15) is 0 Å². The number of aromatic nitrogens is 2. The number of nitrogens with zero attached hydrogens (tertiary/aromatic N) is 2. The summed E-state index contributed by atoms with van der Waals surface area (Å²) in [5.41, 5.74) is 2.14. The van der Waals surface area contributed by atoms with Gasteiger partial charge < -0.3 is 5.32 Å². The van der Waals surface area contributed by atoms with E-state index < -0.39 is 0 Å². The number of benzene rings is 1. The lowest BCUT2D eigenvalue weighted by Gasteiger charge is -2.18. The van der Waals surface area contributed by atoms with E-state index in [-0.39, 0.29) is 6.04 Å². The number of aryl methyl sites for hydroxylation is 1. The summed E-state index contributed by atoms with van der Waals surface area (Å²) in [6, 6.07) is 5.77. The lowest BCUT2D eigenvalue weighted by atomic mass is 10.0. The van der Waals surface area contributed by atoms with Crippen LogP contribution in [0.3, 0.4) is 0 Å². The molecule has 0 amide bonds. The summed E-state index contributed by atoms with van der Waals surface area (Å²) in [6.45, 7) is 5.13. The maximum absolute atomic E-state index is 6.29. The van der Waals surface area contributed by atoms with Gasteiger partial charge in [-0.15, -0.1) is 5.10 Å². The molecule has 1 N–H and O–H groups in total. The SMILES string of the molecule is CCCc1nnsc1C(Cc1cc(Cl)ccc1Cl)NCC. The van der Waals surface area contributed by atoms with Gasteiger partial charge in [0.15, 0.2) is 0 Å². The molecule has 1 aromatic carbocycles. The number of hydrogen-bond acceptors (Lipinski definition) is 4. The smallest absolute Gasteiger partial charge is 0.0803 e. The number of hydrogen-bond donors (Lipinski definition) is 1.